The van der Waals surface area contributed by atoms with Crippen molar-refractivity contribution in [3.05, 3.63) is 70.7 Å². The second-order valence-electron chi connectivity index (χ2n) is 7.64. The first-order chi connectivity index (χ1) is 15.2. The average Bonchev–Trinajstić information content (AvgIpc) is 3.43. The molecule has 0 amide bonds. The summed E-state index contributed by atoms with van der Waals surface area (Å²) in [7, 11) is 0. The van der Waals surface area contributed by atoms with E-state index >= 15 is 0 Å². The lowest BCUT2D eigenvalue weighted by Gasteiger charge is -2.09. The van der Waals surface area contributed by atoms with Gasteiger partial charge in [0, 0.05) is 42.0 Å². The highest BCUT2D eigenvalue weighted by molar-refractivity contribution is 5.79. The van der Waals surface area contributed by atoms with E-state index in [0.29, 0.717) is 12.4 Å². The molecule has 31 heavy (non-hydrogen) atoms. The minimum Gasteiger partial charge on any atom is -0.299 e. The van der Waals surface area contributed by atoms with Crippen molar-refractivity contribution in [2.45, 2.75) is 52.6 Å². The molecule has 160 valence electrons. The van der Waals surface area contributed by atoms with E-state index in [-0.39, 0.29) is 5.69 Å². The standard InChI is InChI=1S/C23H27N7O/c1-3-5-13-29-16-19(6-4-2)30(23(29)31)15-17-7-9-18(10-8-17)21-14-24-12-11-20(21)22-25-27-28-26-22/h7-12,14,16H,3-6,13,15H2,1-2H3,(H,25,26,27,28). The molecule has 0 aliphatic carbocycles. The Balaban J connectivity index is 1.61. The molecule has 0 unspecified atom stereocenters. The Morgan fingerprint density at radius 3 is 2.58 bits per heavy atom. The number of hydrogen-bond acceptors (Lipinski definition) is 5. The van der Waals surface area contributed by atoms with E-state index in [0.717, 1.165) is 60.2 Å². The van der Waals surface area contributed by atoms with E-state index in [1.807, 2.05) is 21.4 Å². The normalized spacial score (nSPS) is 11.2. The molecule has 0 aliphatic rings. The molecule has 0 aliphatic heterocycles. The second-order valence-corrected chi connectivity index (χ2v) is 7.64. The Labute approximate surface area is 181 Å². The minimum atomic E-state index is 0.0765. The van der Waals surface area contributed by atoms with Gasteiger partial charge in [0.25, 0.3) is 0 Å². The molecular weight excluding hydrogens is 390 g/mol. The summed E-state index contributed by atoms with van der Waals surface area (Å²) in [6.07, 6.45) is 9.54. The van der Waals surface area contributed by atoms with Gasteiger partial charge < -0.3 is 0 Å². The lowest BCUT2D eigenvalue weighted by molar-refractivity contribution is 0.592. The van der Waals surface area contributed by atoms with Crippen molar-refractivity contribution in [2.75, 3.05) is 0 Å². The maximum Gasteiger partial charge on any atom is 0.328 e. The van der Waals surface area contributed by atoms with Crippen LogP contribution < -0.4 is 5.69 Å². The van der Waals surface area contributed by atoms with Crippen molar-refractivity contribution in [3.8, 4) is 22.5 Å². The van der Waals surface area contributed by atoms with Gasteiger partial charge in [-0.3, -0.25) is 14.1 Å². The molecule has 0 saturated heterocycles. The Morgan fingerprint density at radius 2 is 1.87 bits per heavy atom. The molecule has 0 saturated carbocycles. The molecule has 3 heterocycles. The van der Waals surface area contributed by atoms with Crippen LogP contribution in [-0.4, -0.2) is 34.7 Å². The third-order valence-corrected chi connectivity index (χ3v) is 5.40. The van der Waals surface area contributed by atoms with Crippen LogP contribution >= 0.6 is 0 Å². The molecule has 3 aromatic heterocycles. The number of imidazole rings is 1. The highest BCUT2D eigenvalue weighted by atomic mass is 16.1. The van der Waals surface area contributed by atoms with Crippen molar-refractivity contribution < 1.29 is 0 Å². The smallest absolute Gasteiger partial charge is 0.299 e. The van der Waals surface area contributed by atoms with Crippen LogP contribution in [0.25, 0.3) is 22.5 Å². The summed E-state index contributed by atoms with van der Waals surface area (Å²) in [5.74, 6) is 0.533. The molecule has 1 aromatic carbocycles. The van der Waals surface area contributed by atoms with Gasteiger partial charge in [0.2, 0.25) is 5.82 Å². The summed E-state index contributed by atoms with van der Waals surface area (Å²) in [6.45, 7) is 5.63. The van der Waals surface area contributed by atoms with Gasteiger partial charge in [-0.1, -0.05) is 51.0 Å². The number of rotatable bonds is 9. The molecule has 0 bridgehead atoms. The third kappa shape index (κ3) is 4.47. The van der Waals surface area contributed by atoms with Gasteiger partial charge in [-0.15, -0.1) is 10.2 Å². The van der Waals surface area contributed by atoms with Gasteiger partial charge in [0.05, 0.1) is 6.54 Å². The van der Waals surface area contributed by atoms with Gasteiger partial charge in [0.1, 0.15) is 0 Å². The van der Waals surface area contributed by atoms with Crippen molar-refractivity contribution in [1.29, 1.82) is 0 Å². The van der Waals surface area contributed by atoms with Crippen LogP contribution in [0.15, 0.2) is 53.7 Å². The van der Waals surface area contributed by atoms with Crippen LogP contribution in [0.1, 0.15) is 44.4 Å². The monoisotopic (exact) mass is 417 g/mol. The topological polar surface area (TPSA) is 94.3 Å². The Bertz CT molecular complexity index is 1170. The van der Waals surface area contributed by atoms with E-state index in [4.69, 9.17) is 0 Å². The second kappa shape index (κ2) is 9.51. The number of tetrazole rings is 1. The lowest BCUT2D eigenvalue weighted by atomic mass is 10.0. The van der Waals surface area contributed by atoms with E-state index < -0.39 is 0 Å². The number of benzene rings is 1. The molecule has 0 fully saturated rings. The first-order valence-electron chi connectivity index (χ1n) is 10.8. The van der Waals surface area contributed by atoms with Crippen LogP contribution in [0.4, 0.5) is 0 Å². The summed E-state index contributed by atoms with van der Waals surface area (Å²) in [6, 6.07) is 10.1. The number of nitrogens with one attached hydrogen (secondary N) is 1. The van der Waals surface area contributed by atoms with Crippen LogP contribution in [0.2, 0.25) is 0 Å². The fourth-order valence-corrected chi connectivity index (χ4v) is 3.76. The first kappa shape index (κ1) is 20.7. The van der Waals surface area contributed by atoms with E-state index in [2.05, 4.69) is 63.7 Å². The number of unbranched alkanes of at least 4 members (excludes halogenated alkanes) is 1. The van der Waals surface area contributed by atoms with Gasteiger partial charge in [-0.2, -0.15) is 5.21 Å². The number of aromatic amines is 1. The molecule has 1 N–H and O–H groups in total. The Kier molecular flexibility index (Phi) is 6.35. The number of pyridine rings is 1. The first-order valence-corrected chi connectivity index (χ1v) is 10.8. The molecule has 0 spiro atoms. The SMILES string of the molecule is CCCCn1cc(CCC)n(Cc2ccc(-c3cnccc3-c3nn[nH]n3)cc2)c1=O. The number of hydrogen-bond donors (Lipinski definition) is 1. The molecule has 8 heteroatoms. The highest BCUT2D eigenvalue weighted by Gasteiger charge is 2.13. The van der Waals surface area contributed by atoms with E-state index in [1.165, 1.54) is 0 Å². The molecule has 0 atom stereocenters. The molecule has 4 aromatic rings. The zero-order chi connectivity index (χ0) is 21.6. The van der Waals surface area contributed by atoms with Crippen LogP contribution in [-0.2, 0) is 19.5 Å². The quantitative estimate of drug-likeness (QED) is 0.448. The maximum absolute atomic E-state index is 12.9. The Hall–Kier alpha value is -3.55. The van der Waals surface area contributed by atoms with Crippen LogP contribution in [0.3, 0.4) is 0 Å². The van der Waals surface area contributed by atoms with Gasteiger partial charge >= 0.3 is 5.69 Å². The number of aromatic nitrogens is 7. The van der Waals surface area contributed by atoms with E-state index in [1.54, 1.807) is 12.4 Å². The summed E-state index contributed by atoms with van der Waals surface area (Å²) in [5, 5.41) is 14.3. The summed E-state index contributed by atoms with van der Waals surface area (Å²) < 4.78 is 3.76. The fraction of sp³-hybridized carbons (Fsp3) is 0.348. The highest BCUT2D eigenvalue weighted by Crippen LogP contribution is 2.29. The van der Waals surface area contributed by atoms with Crippen LogP contribution in [0.5, 0.6) is 0 Å². The number of nitrogens with zero attached hydrogens (tertiary/aromatic N) is 6. The number of aryl methyl sites for hydroxylation is 2. The summed E-state index contributed by atoms with van der Waals surface area (Å²) in [4.78, 5) is 17.2. The average molecular weight is 418 g/mol. The predicted octanol–water partition coefficient (Wildman–Crippen LogP) is 3.69. The third-order valence-electron chi connectivity index (χ3n) is 5.40. The lowest BCUT2D eigenvalue weighted by Crippen LogP contribution is -2.25. The number of H-pyrrole nitrogens is 1. The molecular formula is C23H27N7O. The largest absolute Gasteiger partial charge is 0.328 e. The maximum atomic E-state index is 12.9. The van der Waals surface area contributed by atoms with Gasteiger partial charge in [-0.05, 0) is 35.2 Å². The van der Waals surface area contributed by atoms with Gasteiger partial charge in [0.15, 0.2) is 0 Å². The van der Waals surface area contributed by atoms with Crippen LogP contribution in [0, 0.1) is 0 Å². The zero-order valence-electron chi connectivity index (χ0n) is 18.0. The van der Waals surface area contributed by atoms with Crippen molar-refractivity contribution in [2.24, 2.45) is 0 Å². The van der Waals surface area contributed by atoms with Crippen molar-refractivity contribution in [3.63, 3.8) is 0 Å². The molecule has 4 rings (SSSR count). The predicted molar refractivity (Wildman–Crippen MR) is 120 cm³/mol. The summed E-state index contributed by atoms with van der Waals surface area (Å²) >= 11 is 0. The zero-order valence-corrected chi connectivity index (χ0v) is 18.0. The van der Waals surface area contributed by atoms with Crippen molar-refractivity contribution >= 4 is 0 Å². The molecule has 0 radical (unpaired) electrons. The minimum absolute atomic E-state index is 0.0765. The molecule has 8 nitrogen and oxygen atoms in total. The van der Waals surface area contributed by atoms with E-state index in [9.17, 15) is 4.79 Å². The Morgan fingerprint density at radius 1 is 1.03 bits per heavy atom. The van der Waals surface area contributed by atoms with Crippen molar-refractivity contribution in [1.82, 2.24) is 34.7 Å². The summed E-state index contributed by atoms with van der Waals surface area (Å²) in [5.41, 5.74) is 5.07. The van der Waals surface area contributed by atoms with Gasteiger partial charge in [-0.25, -0.2) is 4.79 Å². The fourth-order valence-electron chi connectivity index (χ4n) is 3.76.